The lowest BCUT2D eigenvalue weighted by atomic mass is 10.2. The molecule has 0 amide bonds. The standard InChI is InChI=1S/C23H20ClN3/c1-15-6-7-20(13-22(15)24)26-14-19-11-16(2)27(17(19)3)21-8-9-23-18(12-21)5-4-10-25-23/h4-14H,1-3H3. The maximum Gasteiger partial charge on any atom is 0.0703 e. The minimum atomic E-state index is 0.736. The molecule has 0 saturated heterocycles. The molecular weight excluding hydrogens is 354 g/mol. The minimum Gasteiger partial charge on any atom is -0.318 e. The minimum absolute atomic E-state index is 0.736. The second-order valence-electron chi connectivity index (χ2n) is 6.73. The van der Waals surface area contributed by atoms with Gasteiger partial charge in [0.1, 0.15) is 0 Å². The van der Waals surface area contributed by atoms with Crippen molar-refractivity contribution in [2.75, 3.05) is 0 Å². The number of rotatable bonds is 3. The van der Waals surface area contributed by atoms with Crippen LogP contribution in [0.3, 0.4) is 0 Å². The maximum absolute atomic E-state index is 6.20. The van der Waals surface area contributed by atoms with E-state index in [1.165, 1.54) is 5.69 Å². The first-order valence-corrected chi connectivity index (χ1v) is 9.25. The van der Waals surface area contributed by atoms with Gasteiger partial charge in [-0.2, -0.15) is 0 Å². The van der Waals surface area contributed by atoms with Gasteiger partial charge in [0.05, 0.1) is 11.2 Å². The maximum atomic E-state index is 6.20. The molecule has 0 unspecified atom stereocenters. The first-order valence-electron chi connectivity index (χ1n) is 8.87. The number of halogens is 1. The molecular formula is C23H20ClN3. The van der Waals surface area contributed by atoms with Crippen LogP contribution in [0.5, 0.6) is 0 Å². The van der Waals surface area contributed by atoms with Gasteiger partial charge < -0.3 is 4.57 Å². The normalized spacial score (nSPS) is 11.6. The Bertz CT molecular complexity index is 1170. The third-order valence-electron chi connectivity index (χ3n) is 4.82. The molecule has 0 saturated carbocycles. The fourth-order valence-corrected chi connectivity index (χ4v) is 3.50. The third-order valence-corrected chi connectivity index (χ3v) is 5.23. The predicted octanol–water partition coefficient (Wildman–Crippen LogP) is 6.35. The third kappa shape index (κ3) is 3.38. The number of benzene rings is 2. The van der Waals surface area contributed by atoms with Crippen LogP contribution >= 0.6 is 11.6 Å². The monoisotopic (exact) mass is 373 g/mol. The van der Waals surface area contributed by atoms with Gasteiger partial charge in [-0.3, -0.25) is 9.98 Å². The molecule has 0 aliphatic rings. The summed E-state index contributed by atoms with van der Waals surface area (Å²) in [6.45, 7) is 6.22. The zero-order valence-electron chi connectivity index (χ0n) is 15.6. The summed E-state index contributed by atoms with van der Waals surface area (Å²) >= 11 is 6.20. The number of fused-ring (bicyclic) bond motifs is 1. The molecule has 27 heavy (non-hydrogen) atoms. The van der Waals surface area contributed by atoms with Crippen molar-refractivity contribution in [2.45, 2.75) is 20.8 Å². The summed E-state index contributed by atoms with van der Waals surface area (Å²) in [4.78, 5) is 9.01. The highest BCUT2D eigenvalue weighted by Crippen LogP contribution is 2.25. The van der Waals surface area contributed by atoms with Crippen LogP contribution in [0.1, 0.15) is 22.5 Å². The van der Waals surface area contributed by atoms with E-state index < -0.39 is 0 Å². The van der Waals surface area contributed by atoms with Crippen LogP contribution in [0.4, 0.5) is 5.69 Å². The van der Waals surface area contributed by atoms with Crippen LogP contribution in [0.2, 0.25) is 5.02 Å². The van der Waals surface area contributed by atoms with E-state index in [-0.39, 0.29) is 0 Å². The zero-order chi connectivity index (χ0) is 19.0. The van der Waals surface area contributed by atoms with Crippen molar-refractivity contribution in [3.8, 4) is 5.69 Å². The molecule has 0 spiro atoms. The van der Waals surface area contributed by atoms with Crippen LogP contribution in [0.25, 0.3) is 16.6 Å². The number of pyridine rings is 1. The van der Waals surface area contributed by atoms with E-state index in [1.54, 1.807) is 0 Å². The van der Waals surface area contributed by atoms with Crippen molar-refractivity contribution in [1.82, 2.24) is 9.55 Å². The van der Waals surface area contributed by atoms with Gasteiger partial charge in [-0.15, -0.1) is 0 Å². The second-order valence-corrected chi connectivity index (χ2v) is 7.14. The van der Waals surface area contributed by atoms with Crippen LogP contribution in [-0.2, 0) is 0 Å². The van der Waals surface area contributed by atoms with E-state index in [2.05, 4.69) is 58.7 Å². The summed E-state index contributed by atoms with van der Waals surface area (Å²) in [5.41, 5.74) is 7.45. The van der Waals surface area contributed by atoms with Crippen LogP contribution in [-0.4, -0.2) is 15.8 Å². The molecule has 0 N–H and O–H groups in total. The van der Waals surface area contributed by atoms with Crippen molar-refractivity contribution >= 4 is 34.4 Å². The van der Waals surface area contributed by atoms with E-state index >= 15 is 0 Å². The fourth-order valence-electron chi connectivity index (χ4n) is 3.32. The van der Waals surface area contributed by atoms with Gasteiger partial charge >= 0.3 is 0 Å². The Morgan fingerprint density at radius 1 is 1.00 bits per heavy atom. The van der Waals surface area contributed by atoms with E-state index in [4.69, 9.17) is 11.6 Å². The van der Waals surface area contributed by atoms with Gasteiger partial charge in [-0.05, 0) is 68.8 Å². The summed E-state index contributed by atoms with van der Waals surface area (Å²) in [6, 6.07) is 18.4. The summed E-state index contributed by atoms with van der Waals surface area (Å²) in [7, 11) is 0. The molecule has 4 aromatic rings. The quantitative estimate of drug-likeness (QED) is 0.384. The topological polar surface area (TPSA) is 30.2 Å². The molecule has 2 heterocycles. The number of aliphatic imine (C=N–C) groups is 1. The largest absolute Gasteiger partial charge is 0.318 e. The van der Waals surface area contributed by atoms with E-state index in [0.29, 0.717) is 0 Å². The Balaban J connectivity index is 1.72. The van der Waals surface area contributed by atoms with E-state index in [1.807, 2.05) is 43.6 Å². The van der Waals surface area contributed by atoms with E-state index in [9.17, 15) is 0 Å². The van der Waals surface area contributed by atoms with Gasteiger partial charge in [-0.25, -0.2) is 0 Å². The van der Waals surface area contributed by atoms with Gasteiger partial charge in [0, 0.05) is 45.5 Å². The first kappa shape index (κ1) is 17.5. The van der Waals surface area contributed by atoms with Crippen molar-refractivity contribution in [3.63, 3.8) is 0 Å². The second kappa shape index (κ2) is 7.01. The molecule has 0 atom stereocenters. The molecule has 4 rings (SSSR count). The highest BCUT2D eigenvalue weighted by molar-refractivity contribution is 6.31. The highest BCUT2D eigenvalue weighted by Gasteiger charge is 2.10. The summed E-state index contributed by atoms with van der Waals surface area (Å²) in [5.74, 6) is 0. The molecule has 0 aliphatic heterocycles. The van der Waals surface area contributed by atoms with Crippen LogP contribution in [0.15, 0.2) is 65.8 Å². The Hall–Kier alpha value is -2.91. The van der Waals surface area contributed by atoms with Crippen LogP contribution < -0.4 is 0 Å². The lowest BCUT2D eigenvalue weighted by Gasteiger charge is -2.10. The molecule has 3 nitrogen and oxygen atoms in total. The zero-order valence-corrected chi connectivity index (χ0v) is 16.3. The first-order chi connectivity index (χ1) is 13.0. The Labute approximate surface area is 164 Å². The van der Waals surface area contributed by atoms with Gasteiger partial charge in [-0.1, -0.05) is 23.7 Å². The van der Waals surface area contributed by atoms with Gasteiger partial charge in [0.2, 0.25) is 0 Å². The molecule has 4 heteroatoms. The molecule has 0 fully saturated rings. The Kier molecular flexibility index (Phi) is 4.54. The average molecular weight is 374 g/mol. The molecule has 2 aromatic heterocycles. The van der Waals surface area contributed by atoms with Crippen molar-refractivity contribution in [1.29, 1.82) is 0 Å². The molecule has 0 aliphatic carbocycles. The Morgan fingerprint density at radius 2 is 1.85 bits per heavy atom. The molecule has 0 radical (unpaired) electrons. The number of nitrogens with zero attached hydrogens (tertiary/aromatic N) is 3. The highest BCUT2D eigenvalue weighted by atomic mass is 35.5. The van der Waals surface area contributed by atoms with Crippen molar-refractivity contribution in [3.05, 3.63) is 88.3 Å². The number of hydrogen-bond acceptors (Lipinski definition) is 2. The lowest BCUT2D eigenvalue weighted by molar-refractivity contribution is 0.967. The van der Waals surface area contributed by atoms with Crippen molar-refractivity contribution in [2.24, 2.45) is 4.99 Å². The molecule has 2 aromatic carbocycles. The van der Waals surface area contributed by atoms with Gasteiger partial charge in [0.25, 0.3) is 0 Å². The predicted molar refractivity (Wildman–Crippen MR) is 114 cm³/mol. The SMILES string of the molecule is Cc1ccc(N=Cc2cc(C)n(-c3ccc4ncccc4c3)c2C)cc1Cl. The summed E-state index contributed by atoms with van der Waals surface area (Å²) < 4.78 is 2.25. The smallest absolute Gasteiger partial charge is 0.0703 e. The lowest BCUT2D eigenvalue weighted by Crippen LogP contribution is -1.99. The number of aromatic nitrogens is 2. The van der Waals surface area contributed by atoms with Gasteiger partial charge in [0.15, 0.2) is 0 Å². The average Bonchev–Trinajstić information content (AvgIpc) is 2.96. The summed E-state index contributed by atoms with van der Waals surface area (Å²) in [5, 5.41) is 1.87. The molecule has 134 valence electrons. The number of hydrogen-bond donors (Lipinski definition) is 0. The van der Waals surface area contributed by atoms with Crippen LogP contribution in [0, 0.1) is 20.8 Å². The van der Waals surface area contributed by atoms with Crippen molar-refractivity contribution < 1.29 is 0 Å². The summed E-state index contributed by atoms with van der Waals surface area (Å²) in [6.07, 6.45) is 3.72. The number of aryl methyl sites for hydroxylation is 2. The van der Waals surface area contributed by atoms with E-state index in [0.717, 1.165) is 44.1 Å². The Morgan fingerprint density at radius 3 is 2.67 bits per heavy atom. The molecule has 0 bridgehead atoms. The fraction of sp³-hybridized carbons (Fsp3) is 0.130.